The predicted molar refractivity (Wildman–Crippen MR) is 148 cm³/mol. The van der Waals surface area contributed by atoms with Gasteiger partial charge in [-0.3, -0.25) is 19.3 Å². The largest absolute Gasteiger partial charge is 0.462 e. The Kier molecular flexibility index (Phi) is 8.98. The molecule has 0 bridgehead atoms. The van der Waals surface area contributed by atoms with Gasteiger partial charge in [0.2, 0.25) is 5.91 Å². The van der Waals surface area contributed by atoms with E-state index >= 15 is 8.78 Å². The van der Waals surface area contributed by atoms with Crippen LogP contribution in [0.4, 0.5) is 8.78 Å². The molecule has 1 fully saturated rings. The summed E-state index contributed by atoms with van der Waals surface area (Å²) in [6.07, 6.45) is -3.32. The Morgan fingerprint density at radius 2 is 1.90 bits per heavy atom. The van der Waals surface area contributed by atoms with Crippen LogP contribution in [0.2, 0.25) is 0 Å². The molecule has 1 saturated heterocycles. The van der Waals surface area contributed by atoms with Gasteiger partial charge in [-0.05, 0) is 57.0 Å². The third kappa shape index (κ3) is 6.66. The van der Waals surface area contributed by atoms with Gasteiger partial charge in [-0.15, -0.1) is 0 Å². The summed E-state index contributed by atoms with van der Waals surface area (Å²) in [6, 6.07) is 11.3. The number of aliphatic hydroxyl groups is 1. The van der Waals surface area contributed by atoms with Gasteiger partial charge < -0.3 is 23.6 Å². The molecule has 0 aliphatic carbocycles. The molecule has 4 rings (SSSR count). The number of allylic oxidation sites excluding steroid dienone is 1. The molecule has 2 N–H and O–H groups in total. The summed E-state index contributed by atoms with van der Waals surface area (Å²) < 4.78 is 54.1. The zero-order valence-electron chi connectivity index (χ0n) is 22.8. The minimum Gasteiger partial charge on any atom is -0.462 e. The van der Waals surface area contributed by atoms with Crippen LogP contribution in [0.25, 0.3) is 10.8 Å². The molecule has 0 aromatic heterocycles. The molecule has 2 aromatic carbocycles. The van der Waals surface area contributed by atoms with Crippen molar-refractivity contribution in [1.29, 1.82) is 0 Å². The monoisotopic (exact) mass is 612 g/mol. The highest BCUT2D eigenvalue weighted by atomic mass is 32.5. The highest BCUT2D eigenvalue weighted by Gasteiger charge is 2.66. The van der Waals surface area contributed by atoms with Crippen LogP contribution in [0.3, 0.4) is 0 Å². The highest BCUT2D eigenvalue weighted by molar-refractivity contribution is 8.09. The molecule has 0 spiro atoms. The van der Waals surface area contributed by atoms with E-state index < -0.39 is 73.3 Å². The fraction of sp³-hybridized carbons (Fsp3) is 0.444. The van der Waals surface area contributed by atoms with Gasteiger partial charge in [-0.25, -0.2) is 13.9 Å². The maximum Gasteiger partial charge on any atom is 0.323 e. The Bertz CT molecular complexity index is 1420. The summed E-state index contributed by atoms with van der Waals surface area (Å²) in [5.74, 6) is -4.94. The van der Waals surface area contributed by atoms with Gasteiger partial charge in [0.15, 0.2) is 23.8 Å². The summed E-state index contributed by atoms with van der Waals surface area (Å²) in [7, 11) is 0. The molecule has 0 saturated carbocycles. The molecule has 2 aliphatic heterocycles. The summed E-state index contributed by atoms with van der Waals surface area (Å²) in [5.41, 5.74) is -2.81. The quantitative estimate of drug-likeness (QED) is 0.233. The maximum absolute atomic E-state index is 16.1. The number of aliphatic hydroxyl groups excluding tert-OH is 1. The molecule has 2 aromatic rings. The molecule has 0 radical (unpaired) electrons. The van der Waals surface area contributed by atoms with Crippen LogP contribution >= 0.6 is 6.64 Å². The molecule has 14 heteroatoms. The normalized spacial score (nSPS) is 28.6. The van der Waals surface area contributed by atoms with Gasteiger partial charge in [0.25, 0.3) is 5.85 Å². The van der Waals surface area contributed by atoms with Crippen molar-refractivity contribution in [2.75, 3.05) is 6.61 Å². The average Bonchev–Trinajstić information content (AvgIpc) is 3.07. The van der Waals surface area contributed by atoms with E-state index in [-0.39, 0.29) is 5.75 Å². The van der Waals surface area contributed by atoms with E-state index in [9.17, 15) is 19.5 Å². The van der Waals surface area contributed by atoms with Crippen molar-refractivity contribution in [3.05, 3.63) is 54.7 Å². The smallest absolute Gasteiger partial charge is 0.323 e. The van der Waals surface area contributed by atoms with Crippen molar-refractivity contribution >= 4 is 46.9 Å². The van der Waals surface area contributed by atoms with Crippen molar-refractivity contribution < 1.29 is 46.8 Å². The van der Waals surface area contributed by atoms with E-state index in [1.54, 1.807) is 38.1 Å². The number of fused-ring (bicyclic) bond motifs is 1. The minimum absolute atomic E-state index is 0.270. The van der Waals surface area contributed by atoms with Crippen molar-refractivity contribution in [2.24, 2.45) is 0 Å². The number of nitrogens with zero attached hydrogens (tertiary/aromatic N) is 1. The van der Waals surface area contributed by atoms with Gasteiger partial charge in [0.05, 0.1) is 12.5 Å². The molecule has 222 valence electrons. The Labute approximate surface area is 240 Å². The Morgan fingerprint density at radius 3 is 2.59 bits per heavy atom. The lowest BCUT2D eigenvalue weighted by Gasteiger charge is -2.32. The topological polar surface area (TPSA) is 124 Å². The van der Waals surface area contributed by atoms with Gasteiger partial charge in [0, 0.05) is 11.6 Å². The number of rotatable bonds is 10. The second-order valence-corrected chi connectivity index (χ2v) is 13.4. The second kappa shape index (κ2) is 11.8. The number of hydrogen-bond donors (Lipinski definition) is 2. The molecular weight excluding hydrogens is 581 g/mol. The van der Waals surface area contributed by atoms with E-state index in [0.29, 0.717) is 5.39 Å². The van der Waals surface area contributed by atoms with Crippen LogP contribution in [-0.4, -0.2) is 70.3 Å². The molecule has 41 heavy (non-hydrogen) atoms. The SMILES string of the molecule is CC(C)OC(=O)[C@H](C)NP(=S)(OC[C@@]1(F)O[C@@H](N2C=CC(=O)CC2=O)[C@](C)(F)[C@@H]1O)Oc1cccc2ccccc12. The van der Waals surface area contributed by atoms with Crippen LogP contribution in [-0.2, 0) is 40.2 Å². The van der Waals surface area contributed by atoms with Gasteiger partial charge in [0.1, 0.15) is 18.4 Å². The number of benzene rings is 2. The van der Waals surface area contributed by atoms with Crippen LogP contribution in [0.1, 0.15) is 34.1 Å². The van der Waals surface area contributed by atoms with Crippen molar-refractivity contribution in [2.45, 2.75) is 70.1 Å². The number of esters is 1. The van der Waals surface area contributed by atoms with E-state index in [2.05, 4.69) is 5.09 Å². The summed E-state index contributed by atoms with van der Waals surface area (Å²) in [5, 5.41) is 14.9. The first kappa shape index (κ1) is 31.1. The Balaban J connectivity index is 1.61. The molecule has 10 nitrogen and oxygen atoms in total. The fourth-order valence-electron chi connectivity index (χ4n) is 4.41. The number of ether oxygens (including phenoxy) is 2. The third-order valence-electron chi connectivity index (χ3n) is 6.48. The summed E-state index contributed by atoms with van der Waals surface area (Å²) in [4.78, 5) is 37.2. The van der Waals surface area contributed by atoms with Gasteiger partial charge >= 0.3 is 12.6 Å². The van der Waals surface area contributed by atoms with Gasteiger partial charge in [-0.1, -0.05) is 36.4 Å². The Hall–Kier alpha value is -2.80. The lowest BCUT2D eigenvalue weighted by Crippen LogP contribution is -2.52. The second-order valence-electron chi connectivity index (χ2n) is 10.2. The Morgan fingerprint density at radius 1 is 1.22 bits per heavy atom. The van der Waals surface area contributed by atoms with Crippen LogP contribution in [0.15, 0.2) is 54.7 Å². The number of carbonyl (C=O) groups excluding carboxylic acids is 3. The maximum atomic E-state index is 16.1. The van der Waals surface area contributed by atoms with Gasteiger partial charge in [-0.2, -0.15) is 0 Å². The standard InChI is InChI=1S/C27H31F2N2O8PS/c1-16(2)37-23(34)17(3)30-40(41,39-21-11-7-9-18-8-5-6-10-20(18)21)36-15-27(29)24(35)26(4,28)25(38-27)31-13-12-19(32)14-22(31)33/h5-13,16-17,24-25,35H,14-15H2,1-4H3,(H,30,41)/t17-,24-,25+,26+,27+,40?/m0/s1. The van der Waals surface area contributed by atoms with Crippen molar-refractivity contribution in [3.63, 3.8) is 0 Å². The van der Waals surface area contributed by atoms with Crippen LogP contribution in [0, 0.1) is 0 Å². The number of amides is 1. The molecule has 2 heterocycles. The molecule has 2 aliphatic rings. The van der Waals surface area contributed by atoms with E-state index in [1.807, 2.05) is 18.2 Å². The lowest BCUT2D eigenvalue weighted by molar-refractivity contribution is -0.209. The number of alkyl halides is 2. The average molecular weight is 613 g/mol. The molecule has 1 amide bonds. The third-order valence-corrected chi connectivity index (χ3v) is 8.94. The van der Waals surface area contributed by atoms with E-state index in [0.717, 1.165) is 29.5 Å². The number of nitrogens with one attached hydrogen (secondary N) is 1. The summed E-state index contributed by atoms with van der Waals surface area (Å²) >= 11 is 5.66. The highest BCUT2D eigenvalue weighted by Crippen LogP contribution is 2.51. The number of hydrogen-bond acceptors (Lipinski definition) is 9. The molecule has 1 unspecified atom stereocenters. The fourth-order valence-corrected chi connectivity index (χ4v) is 6.81. The first-order chi connectivity index (χ1) is 19.1. The van der Waals surface area contributed by atoms with Crippen LogP contribution < -0.4 is 9.61 Å². The first-order valence-corrected chi connectivity index (χ1v) is 15.4. The number of carbonyl (C=O) groups is 3. The molecule has 6 atom stereocenters. The first-order valence-electron chi connectivity index (χ1n) is 12.8. The van der Waals surface area contributed by atoms with Crippen molar-refractivity contribution in [1.82, 2.24) is 9.99 Å². The number of halogens is 2. The minimum atomic E-state index is -3.84. The van der Waals surface area contributed by atoms with Crippen LogP contribution in [0.5, 0.6) is 5.75 Å². The van der Waals surface area contributed by atoms with E-state index in [1.165, 1.54) is 6.92 Å². The predicted octanol–water partition coefficient (Wildman–Crippen LogP) is 3.82. The summed E-state index contributed by atoms with van der Waals surface area (Å²) in [6.45, 7) is 0.679. The zero-order valence-corrected chi connectivity index (χ0v) is 24.5. The number of ketones is 1. The van der Waals surface area contributed by atoms with E-state index in [4.69, 9.17) is 30.3 Å². The zero-order chi connectivity index (χ0) is 30.2. The lowest BCUT2D eigenvalue weighted by atomic mass is 9.96. The van der Waals surface area contributed by atoms with Crippen molar-refractivity contribution in [3.8, 4) is 5.75 Å². The molecular formula is C27H31F2N2O8PS.